The van der Waals surface area contributed by atoms with E-state index in [-0.39, 0.29) is 11.7 Å². The lowest BCUT2D eigenvalue weighted by atomic mass is 10.2. The van der Waals surface area contributed by atoms with Crippen LogP contribution in [0.15, 0.2) is 0 Å². The molecule has 0 saturated carbocycles. The third-order valence-electron chi connectivity index (χ3n) is 1.74. The lowest BCUT2D eigenvalue weighted by molar-refractivity contribution is 0.0295. The lowest BCUT2D eigenvalue weighted by Crippen LogP contribution is -2.24. The van der Waals surface area contributed by atoms with Crippen LogP contribution in [-0.4, -0.2) is 40.6 Å². The Kier molecular flexibility index (Phi) is 7.91. The molecular formula is C10H23NO4S. The Bertz CT molecular complexity index is 264. The van der Waals surface area contributed by atoms with Gasteiger partial charge in [0.15, 0.2) is 0 Å². The number of ether oxygens (including phenoxy) is 2. The second kappa shape index (κ2) is 8.00. The lowest BCUT2D eigenvalue weighted by Gasteiger charge is -2.11. The molecule has 0 radical (unpaired) electrons. The first-order valence-electron chi connectivity index (χ1n) is 5.47. The minimum Gasteiger partial charge on any atom is -0.379 e. The number of hydrogen-bond acceptors (Lipinski definition) is 4. The van der Waals surface area contributed by atoms with Gasteiger partial charge in [-0.3, -0.25) is 0 Å². The Hall–Kier alpha value is -0.170. The van der Waals surface area contributed by atoms with Gasteiger partial charge >= 0.3 is 0 Å². The van der Waals surface area contributed by atoms with Crippen LogP contribution >= 0.6 is 0 Å². The van der Waals surface area contributed by atoms with Crippen molar-refractivity contribution >= 4 is 10.0 Å². The Morgan fingerprint density at radius 2 is 1.56 bits per heavy atom. The van der Waals surface area contributed by atoms with E-state index < -0.39 is 10.0 Å². The third-order valence-corrected chi connectivity index (χ3v) is 2.78. The summed E-state index contributed by atoms with van der Waals surface area (Å²) in [6.45, 7) is 8.09. The molecule has 1 unspecified atom stereocenters. The van der Waals surface area contributed by atoms with E-state index in [1.165, 1.54) is 0 Å². The molecule has 1 atom stereocenters. The number of hydrogen-bond donors (Lipinski definition) is 1. The fourth-order valence-corrected chi connectivity index (χ4v) is 2.06. The van der Waals surface area contributed by atoms with Gasteiger partial charge in [0.2, 0.25) is 10.0 Å². The summed E-state index contributed by atoms with van der Waals surface area (Å²) in [5.41, 5.74) is 0. The summed E-state index contributed by atoms with van der Waals surface area (Å²) >= 11 is 0. The van der Waals surface area contributed by atoms with Gasteiger partial charge in [-0.2, -0.15) is 0 Å². The van der Waals surface area contributed by atoms with E-state index in [4.69, 9.17) is 14.6 Å². The third kappa shape index (κ3) is 11.9. The second-order valence-corrected chi connectivity index (χ2v) is 6.14. The summed E-state index contributed by atoms with van der Waals surface area (Å²) in [5.74, 6) is 0.390. The van der Waals surface area contributed by atoms with E-state index in [2.05, 4.69) is 13.8 Å². The fourth-order valence-electron chi connectivity index (χ4n) is 1.17. The monoisotopic (exact) mass is 253 g/mol. The highest BCUT2D eigenvalue weighted by Gasteiger charge is 2.10. The molecule has 0 fully saturated rings. The summed E-state index contributed by atoms with van der Waals surface area (Å²) in [6.07, 6.45) is 0. The molecule has 0 aromatic rings. The predicted molar refractivity (Wildman–Crippen MR) is 63.6 cm³/mol. The van der Waals surface area contributed by atoms with Gasteiger partial charge in [-0.15, -0.1) is 0 Å². The number of primary sulfonamides is 1. The molecule has 0 saturated heterocycles. The van der Waals surface area contributed by atoms with Crippen molar-refractivity contribution in [1.29, 1.82) is 0 Å². The van der Waals surface area contributed by atoms with Gasteiger partial charge in [0, 0.05) is 6.61 Å². The van der Waals surface area contributed by atoms with Crippen LogP contribution in [0.4, 0.5) is 0 Å². The van der Waals surface area contributed by atoms with Gasteiger partial charge in [0.25, 0.3) is 0 Å². The van der Waals surface area contributed by atoms with E-state index in [1.807, 2.05) is 0 Å². The Morgan fingerprint density at radius 3 is 2.00 bits per heavy atom. The van der Waals surface area contributed by atoms with Crippen LogP contribution in [0.25, 0.3) is 0 Å². The van der Waals surface area contributed by atoms with Crippen molar-refractivity contribution < 1.29 is 17.9 Å². The molecular weight excluding hydrogens is 230 g/mol. The zero-order valence-electron chi connectivity index (χ0n) is 10.3. The topological polar surface area (TPSA) is 78.6 Å². The van der Waals surface area contributed by atoms with Gasteiger partial charge < -0.3 is 9.47 Å². The highest BCUT2D eigenvalue weighted by molar-refractivity contribution is 7.89. The average molecular weight is 253 g/mol. The summed E-state index contributed by atoms with van der Waals surface area (Å²) in [7, 11) is -3.39. The Balaban J connectivity index is 3.38. The first kappa shape index (κ1) is 15.8. The zero-order valence-corrected chi connectivity index (χ0v) is 11.1. The maximum atomic E-state index is 10.7. The smallest absolute Gasteiger partial charge is 0.209 e. The van der Waals surface area contributed by atoms with Gasteiger partial charge in [-0.25, -0.2) is 13.6 Å². The molecule has 0 aliphatic rings. The molecule has 0 aliphatic heterocycles. The molecule has 6 heteroatoms. The van der Waals surface area contributed by atoms with Crippen LogP contribution in [0.3, 0.4) is 0 Å². The quantitative estimate of drug-likeness (QED) is 0.610. The van der Waals surface area contributed by atoms with Gasteiger partial charge in [0.05, 0.1) is 25.6 Å². The maximum Gasteiger partial charge on any atom is 0.209 e. The highest BCUT2D eigenvalue weighted by atomic mass is 32.2. The number of sulfonamides is 1. The Labute approximate surface area is 98.4 Å². The SMILES string of the molecule is CC(C)COCCOCC(C)CS(N)(=O)=O. The highest BCUT2D eigenvalue weighted by Crippen LogP contribution is 1.99. The van der Waals surface area contributed by atoms with Crippen molar-refractivity contribution in [1.82, 2.24) is 0 Å². The Morgan fingerprint density at radius 1 is 1.06 bits per heavy atom. The van der Waals surface area contributed by atoms with Gasteiger partial charge in [0.1, 0.15) is 0 Å². The van der Waals surface area contributed by atoms with Crippen LogP contribution in [0.1, 0.15) is 20.8 Å². The normalized spacial score (nSPS) is 14.3. The number of rotatable bonds is 9. The molecule has 0 spiro atoms. The summed E-state index contributed by atoms with van der Waals surface area (Å²) in [6, 6.07) is 0. The summed E-state index contributed by atoms with van der Waals surface area (Å²) in [5, 5.41) is 4.91. The van der Waals surface area contributed by atoms with Crippen molar-refractivity contribution in [2.24, 2.45) is 17.0 Å². The van der Waals surface area contributed by atoms with Crippen molar-refractivity contribution in [2.45, 2.75) is 20.8 Å². The molecule has 0 aliphatic carbocycles. The van der Waals surface area contributed by atoms with Crippen LogP contribution < -0.4 is 5.14 Å². The fraction of sp³-hybridized carbons (Fsp3) is 1.00. The van der Waals surface area contributed by atoms with Crippen LogP contribution in [0, 0.1) is 11.8 Å². The van der Waals surface area contributed by atoms with E-state index in [0.717, 1.165) is 6.61 Å². The van der Waals surface area contributed by atoms with Crippen LogP contribution in [0.5, 0.6) is 0 Å². The molecule has 0 rings (SSSR count). The van der Waals surface area contributed by atoms with Crippen LogP contribution in [0.2, 0.25) is 0 Å². The molecule has 16 heavy (non-hydrogen) atoms. The molecule has 5 nitrogen and oxygen atoms in total. The molecule has 2 N–H and O–H groups in total. The predicted octanol–water partition coefficient (Wildman–Crippen LogP) is 0.600. The van der Waals surface area contributed by atoms with E-state index in [1.54, 1.807) is 6.92 Å². The summed E-state index contributed by atoms with van der Waals surface area (Å²) < 4.78 is 32.1. The zero-order chi connectivity index (χ0) is 12.6. The van der Waals surface area contributed by atoms with Crippen molar-refractivity contribution in [3.05, 3.63) is 0 Å². The molecule has 0 aromatic carbocycles. The van der Waals surface area contributed by atoms with Gasteiger partial charge in [-0.05, 0) is 11.8 Å². The molecule has 0 aromatic heterocycles. The average Bonchev–Trinajstić information content (AvgIpc) is 2.07. The molecule has 0 bridgehead atoms. The minimum absolute atomic E-state index is 0.0418. The van der Waals surface area contributed by atoms with Crippen molar-refractivity contribution in [2.75, 3.05) is 32.2 Å². The largest absolute Gasteiger partial charge is 0.379 e. The van der Waals surface area contributed by atoms with Crippen LogP contribution in [-0.2, 0) is 19.5 Å². The molecule has 98 valence electrons. The van der Waals surface area contributed by atoms with Crippen molar-refractivity contribution in [3.8, 4) is 0 Å². The summed E-state index contributed by atoms with van der Waals surface area (Å²) in [4.78, 5) is 0. The van der Waals surface area contributed by atoms with Gasteiger partial charge in [-0.1, -0.05) is 20.8 Å². The standard InChI is InChI=1S/C10H23NO4S/c1-9(2)6-14-4-5-15-7-10(3)8-16(11,12)13/h9-10H,4-8H2,1-3H3,(H2,11,12,13). The van der Waals surface area contributed by atoms with Crippen molar-refractivity contribution in [3.63, 3.8) is 0 Å². The maximum absolute atomic E-state index is 10.7. The molecule has 0 amide bonds. The van der Waals surface area contributed by atoms with E-state index in [0.29, 0.717) is 25.7 Å². The minimum atomic E-state index is -3.39. The first-order valence-corrected chi connectivity index (χ1v) is 7.18. The molecule has 0 heterocycles. The van der Waals surface area contributed by atoms with E-state index in [9.17, 15) is 8.42 Å². The van der Waals surface area contributed by atoms with E-state index >= 15 is 0 Å². The number of nitrogens with two attached hydrogens (primary N) is 1. The first-order chi connectivity index (χ1) is 7.31. The second-order valence-electron chi connectivity index (χ2n) is 4.48.